The van der Waals surface area contributed by atoms with Gasteiger partial charge in [0.1, 0.15) is 18.2 Å². The first-order valence-electron chi connectivity index (χ1n) is 9.53. The highest BCUT2D eigenvalue weighted by molar-refractivity contribution is 6.10. The Morgan fingerprint density at radius 1 is 1.31 bits per heavy atom. The van der Waals surface area contributed by atoms with Gasteiger partial charge in [-0.3, -0.25) is 4.79 Å². The molecule has 1 aromatic rings. The highest BCUT2D eigenvalue weighted by Crippen LogP contribution is 2.30. The lowest BCUT2D eigenvalue weighted by atomic mass is 10.0. The van der Waals surface area contributed by atoms with E-state index in [4.69, 9.17) is 4.84 Å². The minimum Gasteiger partial charge on any atom is -0.434 e. The molecule has 0 bridgehead atoms. The standard InChI is InChI=1S/C21H23F3N2O3/c1-13-7-10-16(29-21(23)24)18(19(13)22)20(26-28-12-15-8-9-15)25-17(27)11-14-5-3-2-4-6-14/h3,5-7,10,15,21H,2,4,8-9,11-12H2,1H3,(H,25,26,27). The molecule has 8 heteroatoms. The molecule has 1 N–H and O–H groups in total. The molecule has 156 valence electrons. The Morgan fingerprint density at radius 2 is 2.10 bits per heavy atom. The van der Waals surface area contributed by atoms with Crippen LogP contribution in [0.2, 0.25) is 0 Å². The van der Waals surface area contributed by atoms with Gasteiger partial charge >= 0.3 is 6.61 Å². The van der Waals surface area contributed by atoms with E-state index in [1.54, 1.807) is 0 Å². The van der Waals surface area contributed by atoms with E-state index < -0.39 is 24.1 Å². The van der Waals surface area contributed by atoms with Gasteiger partial charge in [0, 0.05) is 0 Å². The van der Waals surface area contributed by atoms with Crippen LogP contribution in [0.15, 0.2) is 41.1 Å². The van der Waals surface area contributed by atoms with Crippen LogP contribution in [0.4, 0.5) is 13.2 Å². The summed E-state index contributed by atoms with van der Waals surface area (Å²) in [6.07, 6.45) is 9.58. The van der Waals surface area contributed by atoms with Gasteiger partial charge in [-0.2, -0.15) is 8.78 Å². The number of nitrogens with zero attached hydrogens (tertiary/aromatic N) is 1. The lowest BCUT2D eigenvalue weighted by Crippen LogP contribution is -2.33. The van der Waals surface area contributed by atoms with Crippen molar-refractivity contribution in [1.29, 1.82) is 0 Å². The fraction of sp³-hybridized carbons (Fsp3) is 0.429. The lowest BCUT2D eigenvalue weighted by molar-refractivity contribution is -0.119. The number of ether oxygens (including phenoxy) is 1. The van der Waals surface area contributed by atoms with Crippen molar-refractivity contribution in [2.75, 3.05) is 6.61 Å². The summed E-state index contributed by atoms with van der Waals surface area (Å²) >= 11 is 0. The number of hydrogen-bond donors (Lipinski definition) is 1. The van der Waals surface area contributed by atoms with Crippen LogP contribution in [0.25, 0.3) is 0 Å². The number of nitrogens with one attached hydrogen (secondary N) is 1. The smallest absolute Gasteiger partial charge is 0.387 e. The molecule has 29 heavy (non-hydrogen) atoms. The summed E-state index contributed by atoms with van der Waals surface area (Å²) in [5, 5.41) is 6.36. The fourth-order valence-electron chi connectivity index (χ4n) is 2.86. The summed E-state index contributed by atoms with van der Waals surface area (Å²) in [7, 11) is 0. The molecule has 0 heterocycles. The Labute approximate surface area is 167 Å². The van der Waals surface area contributed by atoms with E-state index >= 15 is 0 Å². The Hall–Kier alpha value is -2.77. The predicted molar refractivity (Wildman–Crippen MR) is 102 cm³/mol. The molecule has 0 aromatic heterocycles. The molecule has 3 rings (SSSR count). The molecule has 0 unspecified atom stereocenters. The molecule has 0 aliphatic heterocycles. The van der Waals surface area contributed by atoms with Crippen LogP contribution in [0.3, 0.4) is 0 Å². The molecule has 0 radical (unpaired) electrons. The number of benzene rings is 1. The van der Waals surface area contributed by atoms with Gasteiger partial charge in [0.25, 0.3) is 0 Å². The summed E-state index contributed by atoms with van der Waals surface area (Å²) in [6, 6.07) is 2.54. The van der Waals surface area contributed by atoms with Crippen molar-refractivity contribution in [2.45, 2.75) is 45.6 Å². The van der Waals surface area contributed by atoms with Crippen LogP contribution >= 0.6 is 0 Å². The van der Waals surface area contributed by atoms with Gasteiger partial charge in [0.15, 0.2) is 5.84 Å². The van der Waals surface area contributed by atoms with Crippen molar-refractivity contribution in [3.63, 3.8) is 0 Å². The number of amides is 1. The van der Waals surface area contributed by atoms with Crippen molar-refractivity contribution in [3.05, 3.63) is 52.9 Å². The maximum atomic E-state index is 14.8. The zero-order valence-corrected chi connectivity index (χ0v) is 16.1. The van der Waals surface area contributed by atoms with Gasteiger partial charge in [-0.1, -0.05) is 29.5 Å². The van der Waals surface area contributed by atoms with Gasteiger partial charge in [-0.15, -0.1) is 0 Å². The number of carbonyl (C=O) groups excluding carboxylic acids is 1. The third-order valence-electron chi connectivity index (χ3n) is 4.61. The average Bonchev–Trinajstić information content (AvgIpc) is 3.49. The van der Waals surface area contributed by atoms with Crippen molar-refractivity contribution in [1.82, 2.24) is 5.32 Å². The van der Waals surface area contributed by atoms with E-state index in [0.717, 1.165) is 31.3 Å². The van der Waals surface area contributed by atoms with Crippen molar-refractivity contribution in [3.8, 4) is 5.75 Å². The van der Waals surface area contributed by atoms with Crippen LogP contribution in [0.1, 0.15) is 43.2 Å². The first-order chi connectivity index (χ1) is 13.9. The summed E-state index contributed by atoms with van der Waals surface area (Å²) in [5.41, 5.74) is 0.659. The summed E-state index contributed by atoms with van der Waals surface area (Å²) in [4.78, 5) is 17.8. The molecular formula is C21H23F3N2O3. The molecule has 5 nitrogen and oxygen atoms in total. The molecule has 1 saturated carbocycles. The zero-order valence-electron chi connectivity index (χ0n) is 16.1. The predicted octanol–water partition coefficient (Wildman–Crippen LogP) is 4.61. The quantitative estimate of drug-likeness (QED) is 0.388. The zero-order chi connectivity index (χ0) is 20.8. The van der Waals surface area contributed by atoms with Crippen molar-refractivity contribution >= 4 is 11.7 Å². The van der Waals surface area contributed by atoms with Crippen LogP contribution in [0, 0.1) is 18.7 Å². The number of rotatable bonds is 8. The van der Waals surface area contributed by atoms with Gasteiger partial charge in [0.05, 0.1) is 12.0 Å². The average molecular weight is 408 g/mol. The van der Waals surface area contributed by atoms with Crippen molar-refractivity contribution < 1.29 is 27.5 Å². The van der Waals surface area contributed by atoms with E-state index in [-0.39, 0.29) is 23.4 Å². The number of amidine groups is 1. The first-order valence-corrected chi connectivity index (χ1v) is 9.53. The topological polar surface area (TPSA) is 59.9 Å². The van der Waals surface area contributed by atoms with Crippen molar-refractivity contribution in [2.24, 2.45) is 11.1 Å². The molecule has 2 aliphatic rings. The number of alkyl halides is 2. The maximum Gasteiger partial charge on any atom is 0.387 e. The van der Waals surface area contributed by atoms with E-state index in [9.17, 15) is 18.0 Å². The number of oxime groups is 1. The minimum absolute atomic E-state index is 0.0522. The largest absolute Gasteiger partial charge is 0.434 e. The Morgan fingerprint density at radius 3 is 2.76 bits per heavy atom. The molecule has 1 amide bonds. The second-order valence-electron chi connectivity index (χ2n) is 7.11. The second kappa shape index (κ2) is 9.62. The van der Waals surface area contributed by atoms with Crippen LogP contribution in [0.5, 0.6) is 5.75 Å². The molecule has 0 saturated heterocycles. The van der Waals surface area contributed by atoms with Gasteiger partial charge in [-0.05, 0) is 55.7 Å². The monoisotopic (exact) mass is 408 g/mol. The van der Waals surface area contributed by atoms with Gasteiger partial charge in [0.2, 0.25) is 5.91 Å². The van der Waals surface area contributed by atoms with Gasteiger partial charge in [-0.25, -0.2) is 4.39 Å². The number of allylic oxidation sites excluding steroid dienone is 3. The number of aryl methyl sites for hydroxylation is 1. The minimum atomic E-state index is -3.15. The third kappa shape index (κ3) is 6.10. The van der Waals surface area contributed by atoms with E-state index in [1.807, 2.05) is 18.2 Å². The molecule has 2 aliphatic carbocycles. The molecule has 1 fully saturated rings. The third-order valence-corrected chi connectivity index (χ3v) is 4.61. The number of halogens is 3. The van der Waals surface area contributed by atoms with Crippen LogP contribution in [-0.2, 0) is 9.63 Å². The first kappa shape index (κ1) is 21.0. The number of carbonyl (C=O) groups is 1. The van der Waals surface area contributed by atoms with E-state index in [2.05, 4.69) is 15.2 Å². The number of hydrogen-bond acceptors (Lipinski definition) is 4. The summed E-state index contributed by atoms with van der Waals surface area (Å²) in [6.45, 7) is -1.36. The highest BCUT2D eigenvalue weighted by Gasteiger charge is 2.25. The maximum absolute atomic E-state index is 14.8. The summed E-state index contributed by atoms with van der Waals surface area (Å²) in [5.74, 6) is -1.61. The Kier molecular flexibility index (Phi) is 6.95. The normalized spacial score (nSPS) is 16.6. The second-order valence-corrected chi connectivity index (χ2v) is 7.11. The molecule has 1 aromatic carbocycles. The SMILES string of the molecule is Cc1ccc(OC(F)F)c(/C(=N/OCC2CC2)NC(=O)CC2=CCCC=C2)c1F. The van der Waals surface area contributed by atoms with E-state index in [1.165, 1.54) is 19.1 Å². The van der Waals surface area contributed by atoms with Crippen LogP contribution in [-0.4, -0.2) is 25.0 Å². The van der Waals surface area contributed by atoms with Crippen LogP contribution < -0.4 is 10.1 Å². The Bertz CT molecular complexity index is 846. The molecule has 0 spiro atoms. The lowest BCUT2D eigenvalue weighted by Gasteiger charge is -2.16. The summed E-state index contributed by atoms with van der Waals surface area (Å²) < 4.78 is 44.9. The highest BCUT2D eigenvalue weighted by atomic mass is 19.3. The fourth-order valence-corrected chi connectivity index (χ4v) is 2.86. The Balaban J connectivity index is 1.86. The van der Waals surface area contributed by atoms with E-state index in [0.29, 0.717) is 12.5 Å². The molecule has 0 atom stereocenters. The molecular weight excluding hydrogens is 385 g/mol. The van der Waals surface area contributed by atoms with Gasteiger partial charge < -0.3 is 14.9 Å².